The molecule has 2 aliphatic rings. The zero-order valence-electron chi connectivity index (χ0n) is 10.4. The molecule has 2 rings (SSSR count). The lowest BCUT2D eigenvalue weighted by Crippen LogP contribution is -2.52. The van der Waals surface area contributed by atoms with Crippen molar-refractivity contribution in [2.75, 3.05) is 6.54 Å². The number of carbonyl (C=O) groups is 2. The van der Waals surface area contributed by atoms with Gasteiger partial charge < -0.3 is 10.0 Å². The van der Waals surface area contributed by atoms with Gasteiger partial charge in [-0.1, -0.05) is 13.3 Å². The Kier molecular flexibility index (Phi) is 3.69. The molecule has 2 fully saturated rings. The van der Waals surface area contributed by atoms with Gasteiger partial charge in [0.1, 0.15) is 6.04 Å². The summed E-state index contributed by atoms with van der Waals surface area (Å²) >= 11 is 0. The quantitative estimate of drug-likeness (QED) is 0.818. The SMILES string of the molecule is CC1CCCN(C(=O)CC2CCC2)C1C(=O)O. The van der Waals surface area contributed by atoms with Gasteiger partial charge in [0, 0.05) is 13.0 Å². The summed E-state index contributed by atoms with van der Waals surface area (Å²) in [5.74, 6) is -0.214. The number of carboxylic acid groups (broad SMARTS) is 1. The number of carboxylic acids is 1. The van der Waals surface area contributed by atoms with Crippen molar-refractivity contribution in [2.24, 2.45) is 11.8 Å². The number of hydrogen-bond acceptors (Lipinski definition) is 2. The van der Waals surface area contributed by atoms with Crippen LogP contribution in [0.25, 0.3) is 0 Å². The van der Waals surface area contributed by atoms with Gasteiger partial charge in [-0.2, -0.15) is 0 Å². The van der Waals surface area contributed by atoms with Crippen LogP contribution in [0.2, 0.25) is 0 Å². The summed E-state index contributed by atoms with van der Waals surface area (Å²) in [6.45, 7) is 2.55. The van der Waals surface area contributed by atoms with E-state index >= 15 is 0 Å². The molecule has 1 saturated carbocycles. The summed E-state index contributed by atoms with van der Waals surface area (Å²) < 4.78 is 0. The van der Waals surface area contributed by atoms with E-state index in [1.807, 2.05) is 6.92 Å². The average Bonchev–Trinajstić information content (AvgIpc) is 2.22. The molecule has 96 valence electrons. The Morgan fingerprint density at radius 1 is 1.24 bits per heavy atom. The minimum atomic E-state index is -0.848. The first-order chi connectivity index (χ1) is 8.09. The van der Waals surface area contributed by atoms with Gasteiger partial charge in [0.05, 0.1) is 0 Å². The van der Waals surface area contributed by atoms with Crippen molar-refractivity contribution in [1.29, 1.82) is 0 Å². The van der Waals surface area contributed by atoms with Crippen LogP contribution in [-0.4, -0.2) is 34.5 Å². The molecule has 4 nitrogen and oxygen atoms in total. The molecule has 1 aliphatic carbocycles. The third-order valence-corrected chi connectivity index (χ3v) is 4.19. The van der Waals surface area contributed by atoms with Crippen LogP contribution in [0.4, 0.5) is 0 Å². The number of hydrogen-bond donors (Lipinski definition) is 1. The zero-order chi connectivity index (χ0) is 12.4. The lowest BCUT2D eigenvalue weighted by atomic mass is 9.82. The highest BCUT2D eigenvalue weighted by atomic mass is 16.4. The highest BCUT2D eigenvalue weighted by molar-refractivity contribution is 5.84. The highest BCUT2D eigenvalue weighted by Gasteiger charge is 2.37. The van der Waals surface area contributed by atoms with Crippen LogP contribution in [0, 0.1) is 11.8 Å². The molecule has 17 heavy (non-hydrogen) atoms. The topological polar surface area (TPSA) is 57.6 Å². The summed E-state index contributed by atoms with van der Waals surface area (Å²) in [4.78, 5) is 25.0. The maximum atomic E-state index is 12.1. The molecule has 0 aromatic rings. The number of piperidine rings is 1. The predicted octanol–water partition coefficient (Wildman–Crippen LogP) is 1.89. The fourth-order valence-corrected chi connectivity index (χ4v) is 2.91. The first kappa shape index (κ1) is 12.4. The van der Waals surface area contributed by atoms with Crippen molar-refractivity contribution in [3.05, 3.63) is 0 Å². The Morgan fingerprint density at radius 2 is 1.94 bits per heavy atom. The van der Waals surface area contributed by atoms with E-state index in [2.05, 4.69) is 0 Å². The number of nitrogens with zero attached hydrogens (tertiary/aromatic N) is 1. The van der Waals surface area contributed by atoms with Gasteiger partial charge in [0.25, 0.3) is 0 Å². The fourth-order valence-electron chi connectivity index (χ4n) is 2.91. The largest absolute Gasteiger partial charge is 0.480 e. The predicted molar refractivity (Wildman–Crippen MR) is 63.5 cm³/mol. The lowest BCUT2D eigenvalue weighted by Gasteiger charge is -2.38. The second-order valence-electron chi connectivity index (χ2n) is 5.49. The van der Waals surface area contributed by atoms with Crippen molar-refractivity contribution in [3.63, 3.8) is 0 Å². The average molecular weight is 239 g/mol. The summed E-state index contributed by atoms with van der Waals surface area (Å²) in [5, 5.41) is 9.24. The Hall–Kier alpha value is -1.06. The number of likely N-dealkylation sites (tertiary alicyclic amines) is 1. The molecule has 0 aromatic heterocycles. The van der Waals surface area contributed by atoms with Crippen molar-refractivity contribution in [2.45, 2.75) is 51.5 Å². The maximum Gasteiger partial charge on any atom is 0.326 e. The van der Waals surface area contributed by atoms with Gasteiger partial charge in [0.2, 0.25) is 5.91 Å². The van der Waals surface area contributed by atoms with Crippen LogP contribution < -0.4 is 0 Å². The molecule has 0 aromatic carbocycles. The van der Waals surface area contributed by atoms with Crippen LogP contribution in [0.3, 0.4) is 0 Å². The van der Waals surface area contributed by atoms with Crippen LogP contribution in [0.1, 0.15) is 45.4 Å². The molecule has 2 unspecified atom stereocenters. The van der Waals surface area contributed by atoms with E-state index in [4.69, 9.17) is 0 Å². The van der Waals surface area contributed by atoms with Gasteiger partial charge in [-0.15, -0.1) is 0 Å². The normalized spacial score (nSPS) is 29.8. The Balaban J connectivity index is 1.99. The Morgan fingerprint density at radius 3 is 2.47 bits per heavy atom. The second kappa shape index (κ2) is 5.07. The Labute approximate surface area is 102 Å². The molecule has 4 heteroatoms. The van der Waals surface area contributed by atoms with Crippen molar-refractivity contribution in [1.82, 2.24) is 4.90 Å². The maximum absolute atomic E-state index is 12.1. The van der Waals surface area contributed by atoms with Crippen molar-refractivity contribution < 1.29 is 14.7 Å². The molecule has 1 heterocycles. The molecule has 0 spiro atoms. The van der Waals surface area contributed by atoms with Crippen LogP contribution in [-0.2, 0) is 9.59 Å². The first-order valence-corrected chi connectivity index (χ1v) is 6.62. The molecule has 0 radical (unpaired) electrons. The lowest BCUT2D eigenvalue weighted by molar-refractivity contribution is -0.155. The van der Waals surface area contributed by atoms with E-state index in [1.165, 1.54) is 6.42 Å². The monoisotopic (exact) mass is 239 g/mol. The minimum absolute atomic E-state index is 0.0497. The number of carbonyl (C=O) groups excluding carboxylic acids is 1. The van der Waals surface area contributed by atoms with E-state index < -0.39 is 12.0 Å². The molecule has 0 bridgehead atoms. The van der Waals surface area contributed by atoms with Gasteiger partial charge in [-0.25, -0.2) is 4.79 Å². The number of amides is 1. The molecular weight excluding hydrogens is 218 g/mol. The van der Waals surface area contributed by atoms with E-state index in [0.717, 1.165) is 25.7 Å². The second-order valence-corrected chi connectivity index (χ2v) is 5.49. The molecule has 1 amide bonds. The molecule has 1 saturated heterocycles. The number of aliphatic carboxylic acids is 1. The van der Waals surface area contributed by atoms with Crippen LogP contribution >= 0.6 is 0 Å². The third-order valence-electron chi connectivity index (χ3n) is 4.19. The summed E-state index contributed by atoms with van der Waals surface area (Å²) in [7, 11) is 0. The van der Waals surface area contributed by atoms with Gasteiger partial charge in [-0.05, 0) is 37.5 Å². The minimum Gasteiger partial charge on any atom is -0.480 e. The zero-order valence-corrected chi connectivity index (χ0v) is 10.4. The highest BCUT2D eigenvalue weighted by Crippen LogP contribution is 2.31. The first-order valence-electron chi connectivity index (χ1n) is 6.62. The van der Waals surface area contributed by atoms with Crippen molar-refractivity contribution >= 4 is 11.9 Å². The smallest absolute Gasteiger partial charge is 0.326 e. The Bertz CT molecular complexity index is 312. The summed E-state index contributed by atoms with van der Waals surface area (Å²) in [6.07, 6.45) is 5.87. The van der Waals surface area contributed by atoms with Gasteiger partial charge >= 0.3 is 5.97 Å². The van der Waals surface area contributed by atoms with Crippen LogP contribution in [0.15, 0.2) is 0 Å². The summed E-state index contributed by atoms with van der Waals surface area (Å²) in [5.41, 5.74) is 0. The standard InChI is InChI=1S/C13H21NO3/c1-9-4-3-7-14(12(9)13(16)17)11(15)8-10-5-2-6-10/h9-10,12H,2-8H2,1H3,(H,16,17). The molecule has 1 aliphatic heterocycles. The van der Waals surface area contributed by atoms with Gasteiger partial charge in [0.15, 0.2) is 0 Å². The molecule has 1 N–H and O–H groups in total. The molecule has 2 atom stereocenters. The van der Waals surface area contributed by atoms with E-state index in [9.17, 15) is 14.7 Å². The molecular formula is C13H21NO3. The number of rotatable bonds is 3. The third kappa shape index (κ3) is 2.61. The van der Waals surface area contributed by atoms with E-state index in [-0.39, 0.29) is 11.8 Å². The summed E-state index contributed by atoms with van der Waals surface area (Å²) in [6, 6.07) is -0.601. The fraction of sp³-hybridized carbons (Fsp3) is 0.846. The van der Waals surface area contributed by atoms with E-state index in [0.29, 0.717) is 18.9 Å². The van der Waals surface area contributed by atoms with Crippen LogP contribution in [0.5, 0.6) is 0 Å². The van der Waals surface area contributed by atoms with Crippen molar-refractivity contribution in [3.8, 4) is 0 Å². The van der Waals surface area contributed by atoms with Gasteiger partial charge in [-0.3, -0.25) is 4.79 Å². The van der Waals surface area contributed by atoms with E-state index in [1.54, 1.807) is 4.90 Å².